The fraction of sp³-hybridized carbons (Fsp3) is 0.0455. The molecule has 0 unspecified atom stereocenters. The molecule has 0 atom stereocenters. The Morgan fingerprint density at radius 1 is 0.630 bits per heavy atom. The zero-order valence-electron chi connectivity index (χ0n) is 14.5. The zero-order valence-corrected chi connectivity index (χ0v) is 14.5. The van der Waals surface area contributed by atoms with Gasteiger partial charge in [-0.2, -0.15) is 0 Å². The summed E-state index contributed by atoms with van der Waals surface area (Å²) in [5.41, 5.74) is 1.71. The highest BCUT2D eigenvalue weighted by molar-refractivity contribution is 5.92. The maximum absolute atomic E-state index is 11.5. The summed E-state index contributed by atoms with van der Waals surface area (Å²) in [5.74, 6) is -1.42. The number of hydrogen-bond acceptors (Lipinski definition) is 5. The van der Waals surface area contributed by atoms with Crippen LogP contribution in [0.2, 0.25) is 0 Å². The zero-order chi connectivity index (χ0) is 19.3. The molecule has 0 spiro atoms. The first-order valence-corrected chi connectivity index (χ1v) is 8.21. The first-order chi connectivity index (χ1) is 13.2. The molecule has 0 amide bonds. The number of benzene rings is 3. The number of aldehydes is 1. The van der Waals surface area contributed by atoms with Gasteiger partial charge >= 0.3 is 11.9 Å². The van der Waals surface area contributed by atoms with Gasteiger partial charge in [0, 0.05) is 6.42 Å². The highest BCUT2D eigenvalue weighted by atomic mass is 17.2. The first-order valence-electron chi connectivity index (χ1n) is 8.21. The summed E-state index contributed by atoms with van der Waals surface area (Å²) in [6.07, 6.45) is 1.44. The molecule has 0 radical (unpaired) electrons. The summed E-state index contributed by atoms with van der Waals surface area (Å²) in [4.78, 5) is 41.8. The minimum Gasteiger partial charge on any atom is -0.303 e. The summed E-state index contributed by atoms with van der Waals surface area (Å²) >= 11 is 0. The minimum atomic E-state index is -0.708. The van der Waals surface area contributed by atoms with Crippen LogP contribution >= 0.6 is 0 Å². The molecule has 0 bridgehead atoms. The van der Waals surface area contributed by atoms with E-state index < -0.39 is 11.9 Å². The summed E-state index contributed by atoms with van der Waals surface area (Å²) < 4.78 is 0. The molecule has 0 saturated carbocycles. The predicted molar refractivity (Wildman–Crippen MR) is 99.9 cm³/mol. The molecule has 136 valence electrons. The van der Waals surface area contributed by atoms with Crippen molar-refractivity contribution in [2.75, 3.05) is 0 Å². The van der Waals surface area contributed by atoms with Crippen LogP contribution in [-0.2, 0) is 21.0 Å². The second kappa shape index (κ2) is 11.0. The monoisotopic (exact) mass is 362 g/mol. The molecule has 0 aliphatic heterocycles. The summed E-state index contributed by atoms with van der Waals surface area (Å²) in [7, 11) is 0. The molecule has 5 heteroatoms. The fourth-order valence-corrected chi connectivity index (χ4v) is 2.03. The molecule has 0 heterocycles. The average Bonchev–Trinajstić information content (AvgIpc) is 2.74. The van der Waals surface area contributed by atoms with Gasteiger partial charge in [-0.25, -0.2) is 19.4 Å². The van der Waals surface area contributed by atoms with Gasteiger partial charge in [0.2, 0.25) is 0 Å². The SMILES string of the molecule is O=C(OOC(=O)c1ccccc1)c1ccccc1.O=CCc1ccccc1. The molecule has 0 aliphatic rings. The van der Waals surface area contributed by atoms with Gasteiger partial charge in [0.05, 0.1) is 11.1 Å². The molecule has 27 heavy (non-hydrogen) atoms. The van der Waals surface area contributed by atoms with Crippen LogP contribution in [0.1, 0.15) is 26.3 Å². The lowest BCUT2D eigenvalue weighted by molar-refractivity contribution is -0.187. The smallest absolute Gasteiger partial charge is 0.303 e. The highest BCUT2D eigenvalue weighted by Crippen LogP contribution is 2.05. The van der Waals surface area contributed by atoms with Crippen molar-refractivity contribution in [3.8, 4) is 0 Å². The molecule has 0 aliphatic carbocycles. The van der Waals surface area contributed by atoms with Crippen LogP contribution in [-0.4, -0.2) is 18.2 Å². The molecule has 0 N–H and O–H groups in total. The molecule has 3 aromatic rings. The second-order valence-electron chi connectivity index (χ2n) is 5.33. The molecule has 0 aromatic heterocycles. The lowest BCUT2D eigenvalue weighted by atomic mass is 10.2. The van der Waals surface area contributed by atoms with Gasteiger partial charge in [0.25, 0.3) is 0 Å². The Morgan fingerprint density at radius 3 is 1.37 bits per heavy atom. The van der Waals surface area contributed by atoms with E-state index >= 15 is 0 Å². The van der Waals surface area contributed by atoms with E-state index in [2.05, 4.69) is 9.78 Å². The van der Waals surface area contributed by atoms with Crippen LogP contribution in [0.5, 0.6) is 0 Å². The van der Waals surface area contributed by atoms with Crippen LogP contribution in [0.15, 0.2) is 91.0 Å². The van der Waals surface area contributed by atoms with Crippen molar-refractivity contribution >= 4 is 18.2 Å². The van der Waals surface area contributed by atoms with Gasteiger partial charge in [-0.1, -0.05) is 66.7 Å². The Kier molecular flexibility index (Phi) is 7.98. The molecule has 3 rings (SSSR count). The van der Waals surface area contributed by atoms with Crippen LogP contribution in [0.3, 0.4) is 0 Å². The number of carbonyl (C=O) groups excluding carboxylic acids is 3. The molecule has 5 nitrogen and oxygen atoms in total. The quantitative estimate of drug-likeness (QED) is 0.398. The third-order valence-corrected chi connectivity index (χ3v) is 3.37. The summed E-state index contributed by atoms with van der Waals surface area (Å²) in [6.45, 7) is 0. The minimum absolute atomic E-state index is 0.318. The first kappa shape index (κ1) is 19.6. The predicted octanol–water partition coefficient (Wildman–Crippen LogP) is 4.04. The second-order valence-corrected chi connectivity index (χ2v) is 5.33. The van der Waals surface area contributed by atoms with E-state index in [1.54, 1.807) is 60.7 Å². The number of rotatable bonds is 4. The molecule has 0 saturated heterocycles. The van der Waals surface area contributed by atoms with Gasteiger partial charge in [-0.3, -0.25) is 0 Å². The Labute approximate surface area is 157 Å². The molecular weight excluding hydrogens is 344 g/mol. The fourth-order valence-electron chi connectivity index (χ4n) is 2.03. The van der Waals surface area contributed by atoms with Crippen LogP contribution in [0.25, 0.3) is 0 Å². The maximum atomic E-state index is 11.5. The largest absolute Gasteiger partial charge is 0.386 e. The summed E-state index contributed by atoms with van der Waals surface area (Å²) in [5, 5.41) is 0. The van der Waals surface area contributed by atoms with Crippen molar-refractivity contribution in [2.24, 2.45) is 0 Å². The van der Waals surface area contributed by atoms with E-state index in [0.29, 0.717) is 17.5 Å². The van der Waals surface area contributed by atoms with E-state index in [9.17, 15) is 14.4 Å². The lowest BCUT2D eigenvalue weighted by Crippen LogP contribution is -2.11. The Bertz CT molecular complexity index is 794. The Morgan fingerprint density at radius 2 is 1.00 bits per heavy atom. The highest BCUT2D eigenvalue weighted by Gasteiger charge is 2.12. The van der Waals surface area contributed by atoms with Gasteiger partial charge in [-0.15, -0.1) is 0 Å². The van der Waals surface area contributed by atoms with Crippen molar-refractivity contribution in [1.82, 2.24) is 0 Å². The van der Waals surface area contributed by atoms with E-state index in [-0.39, 0.29) is 0 Å². The number of carbonyl (C=O) groups is 3. The summed E-state index contributed by atoms with van der Waals surface area (Å²) in [6, 6.07) is 26.2. The topological polar surface area (TPSA) is 69.7 Å². The third-order valence-electron chi connectivity index (χ3n) is 3.37. The molecular formula is C22H18O5. The third kappa shape index (κ3) is 6.96. The van der Waals surface area contributed by atoms with E-state index in [1.807, 2.05) is 30.3 Å². The van der Waals surface area contributed by atoms with Crippen molar-refractivity contribution in [1.29, 1.82) is 0 Å². The van der Waals surface area contributed by atoms with Crippen LogP contribution < -0.4 is 0 Å². The normalized spacial score (nSPS) is 9.33. The lowest BCUT2D eigenvalue weighted by Gasteiger charge is -2.02. The van der Waals surface area contributed by atoms with Gasteiger partial charge in [0.15, 0.2) is 0 Å². The van der Waals surface area contributed by atoms with Gasteiger partial charge in [0.1, 0.15) is 6.29 Å². The van der Waals surface area contributed by atoms with Crippen molar-refractivity contribution in [2.45, 2.75) is 6.42 Å². The van der Waals surface area contributed by atoms with Gasteiger partial charge < -0.3 is 4.79 Å². The van der Waals surface area contributed by atoms with Crippen molar-refractivity contribution < 1.29 is 24.2 Å². The standard InChI is InChI=1S/C14H10O4.C8H8O/c15-13(11-7-3-1-4-8-11)17-18-14(16)12-9-5-2-6-10-12;9-7-6-8-4-2-1-3-5-8/h1-10H;1-5,7H,6H2. The van der Waals surface area contributed by atoms with Crippen molar-refractivity contribution in [3.05, 3.63) is 108 Å². The van der Waals surface area contributed by atoms with Gasteiger partial charge in [-0.05, 0) is 29.8 Å². The van der Waals surface area contributed by atoms with E-state index in [4.69, 9.17) is 0 Å². The van der Waals surface area contributed by atoms with Crippen LogP contribution in [0, 0.1) is 0 Å². The molecule has 0 fully saturated rings. The average molecular weight is 362 g/mol. The maximum Gasteiger partial charge on any atom is 0.386 e. The number of hydrogen-bond donors (Lipinski definition) is 0. The Hall–Kier alpha value is -3.73. The Balaban J connectivity index is 0.000000244. The van der Waals surface area contributed by atoms with E-state index in [0.717, 1.165) is 11.8 Å². The van der Waals surface area contributed by atoms with Crippen LogP contribution in [0.4, 0.5) is 0 Å². The molecule has 3 aromatic carbocycles. The van der Waals surface area contributed by atoms with E-state index in [1.165, 1.54) is 0 Å². The van der Waals surface area contributed by atoms with Crippen molar-refractivity contribution in [3.63, 3.8) is 0 Å².